The largest absolute Gasteiger partial charge is 0.472 e. The molecule has 2 aromatic carbocycles. The predicted molar refractivity (Wildman–Crippen MR) is 122 cm³/mol. The van der Waals surface area contributed by atoms with Crippen LogP contribution in [0.4, 0.5) is 17.6 Å². The molecule has 0 saturated carbocycles. The third kappa shape index (κ3) is 6.13. The number of nitrogens with zero attached hydrogens (tertiary/aromatic N) is 2. The normalized spacial score (nSPS) is 14.5. The average molecular weight is 505 g/mol. The fraction of sp³-hybridized carbons (Fsp3) is 0.200. The second-order valence-electron chi connectivity index (χ2n) is 7.77. The molecule has 1 aliphatic rings. The van der Waals surface area contributed by atoms with Crippen molar-refractivity contribution >= 4 is 29.7 Å². The van der Waals surface area contributed by atoms with Crippen molar-refractivity contribution in [3.05, 3.63) is 89.6 Å². The van der Waals surface area contributed by atoms with Gasteiger partial charge in [0, 0.05) is 42.0 Å². The third-order valence-corrected chi connectivity index (χ3v) is 6.43. The Bertz CT molecular complexity index is 1220. The van der Waals surface area contributed by atoms with Crippen molar-refractivity contribution in [2.75, 3.05) is 26.2 Å². The monoisotopic (exact) mass is 504 g/mol. The van der Waals surface area contributed by atoms with Gasteiger partial charge in [0.1, 0.15) is 12.1 Å². The highest BCUT2D eigenvalue weighted by Gasteiger charge is 2.33. The Morgan fingerprint density at radius 3 is 2.20 bits per heavy atom. The standard InChI is InChI=1S/C25H20F4N2O3S/c26-19-3-6-20(7-4-19)35-21-5-1-17(22(15-21)25(27,28)29)2-8-23(32)30-10-12-31(13-11-30)24(33)18-9-14-34-16-18/h1-9,14-16H,10-13H2/b8-2+. The summed E-state index contributed by atoms with van der Waals surface area (Å²) in [7, 11) is 0. The van der Waals surface area contributed by atoms with Crippen molar-refractivity contribution in [2.45, 2.75) is 16.0 Å². The molecule has 1 aliphatic heterocycles. The summed E-state index contributed by atoms with van der Waals surface area (Å²) in [6.45, 7) is 1.16. The molecule has 0 N–H and O–H groups in total. The lowest BCUT2D eigenvalue weighted by Crippen LogP contribution is -2.50. The van der Waals surface area contributed by atoms with Crippen LogP contribution in [-0.4, -0.2) is 47.8 Å². The molecule has 35 heavy (non-hydrogen) atoms. The Kier molecular flexibility index (Phi) is 7.30. The molecule has 0 spiro atoms. The Labute approximate surface area is 203 Å². The molecular weight excluding hydrogens is 484 g/mol. The van der Waals surface area contributed by atoms with Crippen LogP contribution in [0.3, 0.4) is 0 Å². The Morgan fingerprint density at radius 1 is 0.914 bits per heavy atom. The lowest BCUT2D eigenvalue weighted by Gasteiger charge is -2.34. The molecule has 182 valence electrons. The lowest BCUT2D eigenvalue weighted by molar-refractivity contribution is -0.138. The van der Waals surface area contributed by atoms with Crippen molar-refractivity contribution < 1.29 is 31.6 Å². The molecule has 0 radical (unpaired) electrons. The first-order valence-electron chi connectivity index (χ1n) is 10.6. The maximum absolute atomic E-state index is 13.7. The first-order chi connectivity index (χ1) is 16.7. The van der Waals surface area contributed by atoms with Gasteiger partial charge in [0.15, 0.2) is 0 Å². The molecule has 0 unspecified atom stereocenters. The zero-order valence-corrected chi connectivity index (χ0v) is 19.1. The number of rotatable bonds is 5. The molecule has 1 saturated heterocycles. The Hall–Kier alpha value is -3.53. The molecule has 4 rings (SSSR count). The van der Waals surface area contributed by atoms with Crippen molar-refractivity contribution in [3.8, 4) is 0 Å². The summed E-state index contributed by atoms with van der Waals surface area (Å²) in [5.41, 5.74) is -0.586. The summed E-state index contributed by atoms with van der Waals surface area (Å²) >= 11 is 1.08. The van der Waals surface area contributed by atoms with Gasteiger partial charge in [0.25, 0.3) is 5.91 Å². The van der Waals surface area contributed by atoms with Gasteiger partial charge >= 0.3 is 6.18 Å². The van der Waals surface area contributed by atoms with Gasteiger partial charge in [0.05, 0.1) is 17.4 Å². The van der Waals surface area contributed by atoms with Gasteiger partial charge in [-0.3, -0.25) is 9.59 Å². The number of carbonyl (C=O) groups excluding carboxylic acids is 2. The SMILES string of the molecule is O=C(/C=C/c1ccc(Sc2ccc(F)cc2)cc1C(F)(F)F)N1CCN(C(=O)c2ccoc2)CC1. The summed E-state index contributed by atoms with van der Waals surface area (Å²) in [4.78, 5) is 29.0. The number of alkyl halides is 3. The van der Waals surface area contributed by atoms with E-state index in [1.54, 1.807) is 11.0 Å². The van der Waals surface area contributed by atoms with Gasteiger partial charge in [0.2, 0.25) is 5.91 Å². The maximum Gasteiger partial charge on any atom is 0.417 e. The first kappa shape index (κ1) is 24.6. The Morgan fingerprint density at radius 2 is 1.57 bits per heavy atom. The van der Waals surface area contributed by atoms with Crippen molar-refractivity contribution in [1.82, 2.24) is 9.80 Å². The van der Waals surface area contributed by atoms with E-state index in [0.29, 0.717) is 28.4 Å². The highest BCUT2D eigenvalue weighted by molar-refractivity contribution is 7.99. The molecule has 1 aromatic heterocycles. The number of hydrogen-bond donors (Lipinski definition) is 0. The second-order valence-corrected chi connectivity index (χ2v) is 8.91. The van der Waals surface area contributed by atoms with Gasteiger partial charge in [-0.2, -0.15) is 13.2 Å². The zero-order valence-electron chi connectivity index (χ0n) is 18.3. The molecule has 1 fully saturated rings. The second kappa shape index (κ2) is 10.4. The van der Waals surface area contributed by atoms with Gasteiger partial charge < -0.3 is 14.2 Å². The number of piperazine rings is 1. The van der Waals surface area contributed by atoms with Crippen molar-refractivity contribution in [1.29, 1.82) is 0 Å². The van der Waals surface area contributed by atoms with Crippen LogP contribution in [0, 0.1) is 5.82 Å². The van der Waals surface area contributed by atoms with Gasteiger partial charge in [-0.1, -0.05) is 17.8 Å². The number of halogens is 4. The van der Waals surface area contributed by atoms with Crippen molar-refractivity contribution in [2.24, 2.45) is 0 Å². The van der Waals surface area contributed by atoms with Crippen LogP contribution in [0.5, 0.6) is 0 Å². The molecule has 0 bridgehead atoms. The Balaban J connectivity index is 1.42. The maximum atomic E-state index is 13.7. The van der Waals surface area contributed by atoms with E-state index in [2.05, 4.69) is 0 Å². The predicted octanol–water partition coefficient (Wildman–Crippen LogP) is 5.59. The summed E-state index contributed by atoms with van der Waals surface area (Å²) < 4.78 is 59.1. The lowest BCUT2D eigenvalue weighted by atomic mass is 10.1. The summed E-state index contributed by atoms with van der Waals surface area (Å²) in [5, 5.41) is 0. The van der Waals surface area contributed by atoms with E-state index in [9.17, 15) is 27.2 Å². The summed E-state index contributed by atoms with van der Waals surface area (Å²) in [6.07, 6.45) is 0.401. The van der Waals surface area contributed by atoms with E-state index >= 15 is 0 Å². The van der Waals surface area contributed by atoms with E-state index in [4.69, 9.17) is 4.42 Å². The summed E-state index contributed by atoms with van der Waals surface area (Å²) in [6, 6.07) is 10.9. The minimum absolute atomic E-state index is 0.136. The fourth-order valence-corrected chi connectivity index (χ4v) is 4.45. The molecule has 0 atom stereocenters. The van der Waals surface area contributed by atoms with Crippen LogP contribution in [0.15, 0.2) is 81.3 Å². The smallest absolute Gasteiger partial charge is 0.417 e. The molecule has 2 amide bonds. The minimum Gasteiger partial charge on any atom is -0.472 e. The van der Waals surface area contributed by atoms with Gasteiger partial charge in [-0.05, 0) is 54.1 Å². The molecular formula is C25H20F4N2O3S. The number of amides is 2. The van der Waals surface area contributed by atoms with Crippen molar-refractivity contribution in [3.63, 3.8) is 0 Å². The summed E-state index contributed by atoms with van der Waals surface area (Å²) in [5.74, 6) is -1.06. The van der Waals surface area contributed by atoms with E-state index in [0.717, 1.165) is 30.0 Å². The first-order valence-corrected chi connectivity index (χ1v) is 11.5. The van der Waals surface area contributed by atoms with Crippen LogP contribution in [0.2, 0.25) is 0 Å². The average Bonchev–Trinajstić information content (AvgIpc) is 3.38. The molecule has 0 aliphatic carbocycles. The number of carbonyl (C=O) groups is 2. The molecule has 10 heteroatoms. The van der Waals surface area contributed by atoms with Gasteiger partial charge in [-0.25, -0.2) is 4.39 Å². The number of benzene rings is 2. The van der Waals surface area contributed by atoms with Crippen LogP contribution < -0.4 is 0 Å². The molecule has 2 heterocycles. The highest BCUT2D eigenvalue weighted by atomic mass is 32.2. The molecule has 3 aromatic rings. The van der Waals surface area contributed by atoms with E-state index in [-0.39, 0.29) is 24.6 Å². The minimum atomic E-state index is -4.62. The quantitative estimate of drug-likeness (QED) is 0.336. The topological polar surface area (TPSA) is 53.8 Å². The number of furan rings is 1. The highest BCUT2D eigenvalue weighted by Crippen LogP contribution is 2.37. The fourth-order valence-electron chi connectivity index (χ4n) is 3.59. The van der Waals surface area contributed by atoms with E-state index in [1.807, 2.05) is 0 Å². The van der Waals surface area contributed by atoms with Gasteiger partial charge in [-0.15, -0.1) is 0 Å². The number of hydrogen-bond acceptors (Lipinski definition) is 4. The van der Waals surface area contributed by atoms with Crippen LogP contribution in [0.1, 0.15) is 21.5 Å². The van der Waals surface area contributed by atoms with Crippen LogP contribution >= 0.6 is 11.8 Å². The molecule has 5 nitrogen and oxygen atoms in total. The zero-order chi connectivity index (χ0) is 25.0. The van der Waals surface area contributed by atoms with Crippen LogP contribution in [0.25, 0.3) is 6.08 Å². The van der Waals surface area contributed by atoms with Crippen LogP contribution in [-0.2, 0) is 11.0 Å². The van der Waals surface area contributed by atoms with E-state index < -0.39 is 23.5 Å². The third-order valence-electron chi connectivity index (χ3n) is 5.43. The van der Waals surface area contributed by atoms with E-state index in [1.165, 1.54) is 53.8 Å².